The molecule has 1 aromatic carbocycles. The van der Waals surface area contributed by atoms with Crippen molar-refractivity contribution in [3.63, 3.8) is 0 Å². The van der Waals surface area contributed by atoms with Crippen LogP contribution in [-0.4, -0.2) is 55.7 Å². The van der Waals surface area contributed by atoms with Crippen molar-refractivity contribution in [1.82, 2.24) is 19.5 Å². The number of hydrogen-bond donors (Lipinski definition) is 0. The average molecular weight is 485 g/mol. The highest BCUT2D eigenvalue weighted by Gasteiger charge is 2.72. The van der Waals surface area contributed by atoms with Crippen LogP contribution in [0, 0.1) is 5.41 Å². The van der Waals surface area contributed by atoms with Gasteiger partial charge in [0.25, 0.3) is 0 Å². The molecule has 176 valence electrons. The molecule has 0 aliphatic heterocycles. The summed E-state index contributed by atoms with van der Waals surface area (Å²) >= 11 is 6.16. The number of benzene rings is 1. The number of imidazole rings is 1. The quantitative estimate of drug-likeness (QED) is 0.305. The molecule has 1 spiro atoms. The molecule has 3 aromatic rings. The van der Waals surface area contributed by atoms with Crippen molar-refractivity contribution < 1.29 is 28.6 Å². The SMILES string of the molecule is CC(=O)OC1C(OC(C)=O)[C@@]2(C[C@H]1n1cnc3c(Cl)ncnc31)C[C@H]2OC(=O)c1ccccc1. The van der Waals surface area contributed by atoms with E-state index in [9.17, 15) is 14.4 Å². The lowest BCUT2D eigenvalue weighted by molar-refractivity contribution is -0.168. The van der Waals surface area contributed by atoms with E-state index in [-0.39, 0.29) is 5.15 Å². The smallest absolute Gasteiger partial charge is 0.338 e. The molecule has 2 heterocycles. The van der Waals surface area contributed by atoms with Gasteiger partial charge in [0.15, 0.2) is 16.9 Å². The van der Waals surface area contributed by atoms with E-state index in [0.29, 0.717) is 29.6 Å². The lowest BCUT2D eigenvalue weighted by Gasteiger charge is -2.26. The maximum atomic E-state index is 12.7. The summed E-state index contributed by atoms with van der Waals surface area (Å²) in [6.07, 6.45) is 1.56. The van der Waals surface area contributed by atoms with E-state index in [2.05, 4.69) is 15.0 Å². The second-order valence-electron chi connectivity index (χ2n) is 8.56. The number of esters is 3. The number of nitrogens with zero attached hydrogens (tertiary/aromatic N) is 4. The van der Waals surface area contributed by atoms with Crippen molar-refractivity contribution in [2.75, 3.05) is 0 Å². The van der Waals surface area contributed by atoms with Crippen LogP contribution in [0.25, 0.3) is 11.2 Å². The van der Waals surface area contributed by atoms with Crippen molar-refractivity contribution >= 4 is 40.7 Å². The van der Waals surface area contributed by atoms with Crippen molar-refractivity contribution in [3.05, 3.63) is 53.7 Å². The number of hydrogen-bond acceptors (Lipinski definition) is 9. The van der Waals surface area contributed by atoms with E-state index >= 15 is 0 Å². The summed E-state index contributed by atoms with van der Waals surface area (Å²) in [6, 6.07) is 8.16. The Morgan fingerprint density at radius 2 is 1.74 bits per heavy atom. The summed E-state index contributed by atoms with van der Waals surface area (Å²) in [4.78, 5) is 49.3. The lowest BCUT2D eigenvalue weighted by Crippen LogP contribution is -2.39. The molecule has 34 heavy (non-hydrogen) atoms. The third-order valence-electron chi connectivity index (χ3n) is 6.41. The first-order chi connectivity index (χ1) is 16.3. The Bertz CT molecular complexity index is 1280. The molecule has 0 N–H and O–H groups in total. The number of aromatic nitrogens is 4. The molecule has 2 aromatic heterocycles. The fraction of sp³-hybridized carbons (Fsp3) is 0.391. The number of rotatable bonds is 5. The Morgan fingerprint density at radius 3 is 2.44 bits per heavy atom. The highest BCUT2D eigenvalue weighted by molar-refractivity contribution is 6.33. The normalized spacial score (nSPS) is 27.5. The Kier molecular flexibility index (Phi) is 5.47. The van der Waals surface area contributed by atoms with Gasteiger partial charge in [0, 0.05) is 13.8 Å². The van der Waals surface area contributed by atoms with Gasteiger partial charge in [-0.15, -0.1) is 0 Å². The van der Waals surface area contributed by atoms with Crippen LogP contribution in [-0.2, 0) is 23.8 Å². The Hall–Kier alpha value is -3.53. The van der Waals surface area contributed by atoms with Crippen molar-refractivity contribution in [2.24, 2.45) is 5.41 Å². The van der Waals surface area contributed by atoms with Gasteiger partial charge in [-0.25, -0.2) is 19.7 Å². The highest BCUT2D eigenvalue weighted by Crippen LogP contribution is 2.64. The van der Waals surface area contributed by atoms with Gasteiger partial charge in [-0.2, -0.15) is 0 Å². The number of halogens is 1. The van der Waals surface area contributed by atoms with Crippen LogP contribution in [0.1, 0.15) is 43.1 Å². The number of ether oxygens (including phenoxy) is 3. The molecule has 5 atom stereocenters. The third-order valence-corrected chi connectivity index (χ3v) is 6.68. The lowest BCUT2D eigenvalue weighted by atomic mass is 10.0. The zero-order valence-corrected chi connectivity index (χ0v) is 19.1. The zero-order valence-electron chi connectivity index (χ0n) is 18.4. The molecular weight excluding hydrogens is 464 g/mol. The molecule has 0 bridgehead atoms. The van der Waals surface area contributed by atoms with Crippen LogP contribution in [0.3, 0.4) is 0 Å². The predicted molar refractivity (Wildman–Crippen MR) is 118 cm³/mol. The molecule has 11 heteroatoms. The van der Waals surface area contributed by atoms with Gasteiger partial charge < -0.3 is 18.8 Å². The van der Waals surface area contributed by atoms with Crippen molar-refractivity contribution in [1.29, 1.82) is 0 Å². The van der Waals surface area contributed by atoms with E-state index < -0.39 is 47.7 Å². The topological polar surface area (TPSA) is 122 Å². The summed E-state index contributed by atoms with van der Waals surface area (Å²) in [5.74, 6) is -1.52. The first-order valence-corrected chi connectivity index (χ1v) is 11.1. The molecule has 10 nitrogen and oxygen atoms in total. The standard InChI is InChI=1S/C23H21ClN4O6/c1-12(29)32-18-15(28-11-27-17-20(24)25-10-26-21(17)28)8-23(19(18)33-13(2)30)9-16(23)34-22(31)14-6-4-3-5-7-14/h3-7,10-11,15-16,18-19H,8-9H2,1-2H3/t15-,16-,18?,19?,23+/m1/s1. The van der Waals surface area contributed by atoms with Gasteiger partial charge in [0.1, 0.15) is 24.1 Å². The summed E-state index contributed by atoms with van der Waals surface area (Å²) < 4.78 is 18.9. The summed E-state index contributed by atoms with van der Waals surface area (Å²) in [7, 11) is 0. The molecule has 2 saturated carbocycles. The van der Waals surface area contributed by atoms with Gasteiger partial charge in [-0.1, -0.05) is 29.8 Å². The first-order valence-electron chi connectivity index (χ1n) is 10.7. The van der Waals surface area contributed by atoms with Crippen molar-refractivity contribution in [2.45, 2.75) is 51.0 Å². The predicted octanol–water partition coefficient (Wildman–Crippen LogP) is 2.90. The van der Waals surface area contributed by atoms with Crippen LogP contribution in [0.2, 0.25) is 5.15 Å². The van der Waals surface area contributed by atoms with Gasteiger partial charge >= 0.3 is 17.9 Å². The van der Waals surface area contributed by atoms with Crippen LogP contribution in [0.5, 0.6) is 0 Å². The van der Waals surface area contributed by atoms with E-state index in [0.717, 1.165) is 0 Å². The summed E-state index contributed by atoms with van der Waals surface area (Å²) in [6.45, 7) is 2.58. The van der Waals surface area contributed by atoms with E-state index in [1.807, 2.05) is 6.07 Å². The zero-order chi connectivity index (χ0) is 24.0. The fourth-order valence-electron chi connectivity index (χ4n) is 4.90. The first kappa shape index (κ1) is 22.3. The maximum absolute atomic E-state index is 12.7. The maximum Gasteiger partial charge on any atom is 0.338 e. The molecule has 0 radical (unpaired) electrons. The number of fused-ring (bicyclic) bond motifs is 1. The molecule has 0 saturated heterocycles. The van der Waals surface area contributed by atoms with Crippen LogP contribution >= 0.6 is 11.6 Å². The van der Waals surface area contributed by atoms with Gasteiger partial charge in [-0.05, 0) is 25.0 Å². The minimum absolute atomic E-state index is 0.193. The number of carbonyl (C=O) groups excluding carboxylic acids is 3. The van der Waals surface area contributed by atoms with Gasteiger partial charge in [0.05, 0.1) is 23.3 Å². The fourth-order valence-corrected chi connectivity index (χ4v) is 5.08. The second kappa shape index (κ2) is 8.35. The number of carbonyl (C=O) groups is 3. The summed E-state index contributed by atoms with van der Waals surface area (Å²) in [5, 5.41) is 0.193. The Morgan fingerprint density at radius 1 is 1.00 bits per heavy atom. The Labute approximate surface area is 199 Å². The largest absolute Gasteiger partial charge is 0.458 e. The Balaban J connectivity index is 1.50. The minimum atomic E-state index is -0.840. The molecule has 2 fully saturated rings. The van der Waals surface area contributed by atoms with Crippen LogP contribution in [0.4, 0.5) is 0 Å². The molecule has 2 aliphatic carbocycles. The average Bonchev–Trinajstić information content (AvgIpc) is 3.16. The minimum Gasteiger partial charge on any atom is -0.458 e. The molecule has 0 amide bonds. The van der Waals surface area contributed by atoms with Crippen molar-refractivity contribution in [3.8, 4) is 0 Å². The highest BCUT2D eigenvalue weighted by atomic mass is 35.5. The van der Waals surface area contributed by atoms with Crippen LogP contribution < -0.4 is 0 Å². The second-order valence-corrected chi connectivity index (χ2v) is 8.92. The van der Waals surface area contributed by atoms with E-state index in [1.165, 1.54) is 20.2 Å². The van der Waals surface area contributed by atoms with E-state index in [4.69, 9.17) is 25.8 Å². The van der Waals surface area contributed by atoms with Gasteiger partial charge in [0.2, 0.25) is 0 Å². The summed E-state index contributed by atoms with van der Waals surface area (Å²) in [5.41, 5.74) is 0.568. The third kappa shape index (κ3) is 3.77. The molecule has 2 aliphatic rings. The monoisotopic (exact) mass is 484 g/mol. The van der Waals surface area contributed by atoms with Crippen LogP contribution in [0.15, 0.2) is 43.0 Å². The molecule has 2 unspecified atom stereocenters. The van der Waals surface area contributed by atoms with E-state index in [1.54, 1.807) is 35.2 Å². The van der Waals surface area contributed by atoms with Gasteiger partial charge in [-0.3, -0.25) is 9.59 Å². The molecule has 5 rings (SSSR count). The molecular formula is C23H21ClN4O6.